The van der Waals surface area contributed by atoms with Crippen molar-refractivity contribution in [1.29, 1.82) is 0 Å². The molecule has 0 amide bonds. The average Bonchev–Trinajstić information content (AvgIpc) is 2.20. The number of hydrogen-bond donors (Lipinski definition) is 2. The maximum atomic E-state index is 11.1. The third-order valence-electron chi connectivity index (χ3n) is 2.76. The summed E-state index contributed by atoms with van der Waals surface area (Å²) >= 11 is 0. The molecule has 0 bridgehead atoms. The number of carboxylic acids is 1. The van der Waals surface area contributed by atoms with E-state index in [0.29, 0.717) is 11.3 Å². The number of hydrogen-bond acceptors (Lipinski definition) is 2. The minimum absolute atomic E-state index is 0.0978. The van der Waals surface area contributed by atoms with E-state index in [-0.39, 0.29) is 5.54 Å². The molecule has 0 spiro atoms. The number of aryl methyl sites for hydroxylation is 1. The Morgan fingerprint density at radius 1 is 1.44 bits per heavy atom. The largest absolute Gasteiger partial charge is 0.478 e. The molecule has 0 saturated carbocycles. The minimum atomic E-state index is -0.891. The summed E-state index contributed by atoms with van der Waals surface area (Å²) in [5, 5.41) is 12.4. The number of nitrogens with one attached hydrogen (secondary N) is 1. The zero-order chi connectivity index (χ0) is 12.3. The Kier molecular flexibility index (Phi) is 3.58. The first kappa shape index (κ1) is 12.6. The molecule has 0 aliphatic carbocycles. The lowest BCUT2D eigenvalue weighted by atomic mass is 10.00. The molecular weight excluding hydrogens is 202 g/mol. The average molecular weight is 221 g/mol. The molecule has 0 radical (unpaired) electrons. The number of anilines is 1. The van der Waals surface area contributed by atoms with Gasteiger partial charge in [-0.3, -0.25) is 0 Å². The van der Waals surface area contributed by atoms with Gasteiger partial charge in [0.15, 0.2) is 0 Å². The Bertz CT molecular complexity index is 397. The SMILES string of the molecule is CCC(C)(C)Nc1ccc(C)cc1C(=O)O. The molecule has 0 aromatic heterocycles. The molecule has 16 heavy (non-hydrogen) atoms. The van der Waals surface area contributed by atoms with Crippen molar-refractivity contribution in [3.05, 3.63) is 29.3 Å². The Hall–Kier alpha value is -1.51. The summed E-state index contributed by atoms with van der Waals surface area (Å²) in [6.07, 6.45) is 0.930. The standard InChI is InChI=1S/C13H19NO2/c1-5-13(3,4)14-11-7-6-9(2)8-10(11)12(15)16/h6-8,14H,5H2,1-4H3,(H,15,16). The summed E-state index contributed by atoms with van der Waals surface area (Å²) in [5.74, 6) is -0.891. The highest BCUT2D eigenvalue weighted by Crippen LogP contribution is 2.23. The van der Waals surface area contributed by atoms with Crippen LogP contribution in [-0.2, 0) is 0 Å². The molecule has 2 N–H and O–H groups in total. The van der Waals surface area contributed by atoms with Crippen LogP contribution < -0.4 is 5.32 Å². The highest BCUT2D eigenvalue weighted by Gasteiger charge is 2.18. The lowest BCUT2D eigenvalue weighted by Gasteiger charge is -2.27. The minimum Gasteiger partial charge on any atom is -0.478 e. The van der Waals surface area contributed by atoms with Gasteiger partial charge in [-0.05, 0) is 39.3 Å². The fourth-order valence-electron chi connectivity index (χ4n) is 1.40. The molecule has 0 unspecified atom stereocenters. The predicted molar refractivity (Wildman–Crippen MR) is 66.1 cm³/mol. The quantitative estimate of drug-likeness (QED) is 0.820. The van der Waals surface area contributed by atoms with Gasteiger partial charge in [0.05, 0.1) is 5.56 Å². The van der Waals surface area contributed by atoms with Crippen LogP contribution in [-0.4, -0.2) is 16.6 Å². The van der Waals surface area contributed by atoms with Crippen molar-refractivity contribution in [3.63, 3.8) is 0 Å². The van der Waals surface area contributed by atoms with Gasteiger partial charge in [-0.25, -0.2) is 4.79 Å². The highest BCUT2D eigenvalue weighted by molar-refractivity contribution is 5.94. The van der Waals surface area contributed by atoms with Crippen molar-refractivity contribution in [1.82, 2.24) is 0 Å². The fourth-order valence-corrected chi connectivity index (χ4v) is 1.40. The number of aromatic carboxylic acids is 1. The highest BCUT2D eigenvalue weighted by atomic mass is 16.4. The molecule has 0 atom stereocenters. The second-order valence-corrected chi connectivity index (χ2v) is 4.72. The molecule has 0 saturated heterocycles. The molecular formula is C13H19NO2. The molecule has 0 aliphatic rings. The van der Waals surface area contributed by atoms with Crippen LogP contribution >= 0.6 is 0 Å². The van der Waals surface area contributed by atoms with Crippen molar-refractivity contribution in [2.75, 3.05) is 5.32 Å². The molecule has 3 heteroatoms. The van der Waals surface area contributed by atoms with Crippen LogP contribution in [0.4, 0.5) is 5.69 Å². The van der Waals surface area contributed by atoms with Gasteiger partial charge >= 0.3 is 5.97 Å². The van der Waals surface area contributed by atoms with Crippen molar-refractivity contribution in [2.24, 2.45) is 0 Å². The second kappa shape index (κ2) is 4.56. The zero-order valence-corrected chi connectivity index (χ0v) is 10.3. The molecule has 88 valence electrons. The summed E-state index contributed by atoms with van der Waals surface area (Å²) in [5.41, 5.74) is 1.88. The van der Waals surface area contributed by atoms with E-state index >= 15 is 0 Å². The van der Waals surface area contributed by atoms with Crippen LogP contribution in [0.1, 0.15) is 43.1 Å². The molecule has 0 heterocycles. The van der Waals surface area contributed by atoms with E-state index in [1.54, 1.807) is 6.07 Å². The van der Waals surface area contributed by atoms with Crippen molar-refractivity contribution >= 4 is 11.7 Å². The predicted octanol–water partition coefficient (Wildman–Crippen LogP) is 3.29. The monoisotopic (exact) mass is 221 g/mol. The van der Waals surface area contributed by atoms with E-state index in [2.05, 4.69) is 26.1 Å². The summed E-state index contributed by atoms with van der Waals surface area (Å²) in [6, 6.07) is 5.44. The first-order valence-electron chi connectivity index (χ1n) is 5.48. The second-order valence-electron chi connectivity index (χ2n) is 4.72. The van der Waals surface area contributed by atoms with Gasteiger partial charge in [0.1, 0.15) is 0 Å². The van der Waals surface area contributed by atoms with E-state index in [0.717, 1.165) is 12.0 Å². The van der Waals surface area contributed by atoms with Gasteiger partial charge in [0, 0.05) is 11.2 Å². The normalized spacial score (nSPS) is 11.2. The van der Waals surface area contributed by atoms with E-state index in [9.17, 15) is 4.79 Å². The molecule has 1 rings (SSSR count). The Morgan fingerprint density at radius 2 is 2.06 bits per heavy atom. The molecule has 0 fully saturated rings. The van der Waals surface area contributed by atoms with Crippen LogP contribution in [0.25, 0.3) is 0 Å². The summed E-state index contributed by atoms with van der Waals surface area (Å²) in [6.45, 7) is 8.07. The fraction of sp³-hybridized carbons (Fsp3) is 0.462. The first-order chi connectivity index (χ1) is 7.35. The van der Waals surface area contributed by atoms with E-state index in [4.69, 9.17) is 5.11 Å². The van der Waals surface area contributed by atoms with Crippen molar-refractivity contribution in [2.45, 2.75) is 39.7 Å². The number of carbonyl (C=O) groups is 1. The summed E-state index contributed by atoms with van der Waals surface area (Å²) < 4.78 is 0. The lowest BCUT2D eigenvalue weighted by molar-refractivity contribution is 0.0697. The van der Waals surface area contributed by atoms with Crippen molar-refractivity contribution in [3.8, 4) is 0 Å². The Balaban J connectivity index is 3.09. The molecule has 1 aromatic rings. The zero-order valence-electron chi connectivity index (χ0n) is 10.3. The number of carboxylic acid groups (broad SMARTS) is 1. The van der Waals surface area contributed by atoms with Crippen LogP contribution in [0.3, 0.4) is 0 Å². The maximum Gasteiger partial charge on any atom is 0.337 e. The van der Waals surface area contributed by atoms with Crippen LogP contribution in [0.5, 0.6) is 0 Å². The maximum absolute atomic E-state index is 11.1. The van der Waals surface area contributed by atoms with Crippen molar-refractivity contribution < 1.29 is 9.90 Å². The van der Waals surface area contributed by atoms with Gasteiger partial charge in [-0.2, -0.15) is 0 Å². The van der Waals surface area contributed by atoms with Gasteiger partial charge < -0.3 is 10.4 Å². The summed E-state index contributed by atoms with van der Waals surface area (Å²) in [4.78, 5) is 11.1. The van der Waals surface area contributed by atoms with E-state index in [1.807, 2.05) is 19.1 Å². The van der Waals surface area contributed by atoms with Crippen LogP contribution in [0.2, 0.25) is 0 Å². The smallest absolute Gasteiger partial charge is 0.337 e. The van der Waals surface area contributed by atoms with Gasteiger partial charge in [-0.1, -0.05) is 18.6 Å². The molecule has 3 nitrogen and oxygen atoms in total. The van der Waals surface area contributed by atoms with Crippen LogP contribution in [0.15, 0.2) is 18.2 Å². The molecule has 1 aromatic carbocycles. The van der Waals surface area contributed by atoms with Crippen LogP contribution in [0, 0.1) is 6.92 Å². The number of benzene rings is 1. The first-order valence-corrected chi connectivity index (χ1v) is 5.48. The van der Waals surface area contributed by atoms with E-state index in [1.165, 1.54) is 0 Å². The Labute approximate surface area is 96.5 Å². The van der Waals surface area contributed by atoms with Gasteiger partial charge in [0.25, 0.3) is 0 Å². The Morgan fingerprint density at radius 3 is 2.56 bits per heavy atom. The topological polar surface area (TPSA) is 49.3 Å². The number of rotatable bonds is 4. The summed E-state index contributed by atoms with van der Waals surface area (Å²) in [7, 11) is 0. The van der Waals surface area contributed by atoms with Gasteiger partial charge in [-0.15, -0.1) is 0 Å². The molecule has 0 aliphatic heterocycles. The lowest BCUT2D eigenvalue weighted by Crippen LogP contribution is -2.30. The third kappa shape index (κ3) is 2.99. The van der Waals surface area contributed by atoms with Gasteiger partial charge in [0.2, 0.25) is 0 Å². The van der Waals surface area contributed by atoms with E-state index < -0.39 is 5.97 Å². The third-order valence-corrected chi connectivity index (χ3v) is 2.76.